The molecule has 2 heterocycles. The second kappa shape index (κ2) is 12.0. The molecule has 2 aromatic rings. The van der Waals surface area contributed by atoms with Gasteiger partial charge in [0.15, 0.2) is 12.1 Å². The lowest BCUT2D eigenvalue weighted by Crippen LogP contribution is -2.33. The number of benzene rings is 2. The highest BCUT2D eigenvalue weighted by atomic mass is 16.8. The standard InChI is InChI=1S/C30H41NO6/c1-19(2)23-9-8-10-24(20(3)4)26(23)31-17-21-11-13-22(14-12-21)34-16-15-33-18-25-27-28(29(32-7)35-25)37-30(5,6)36-27/h8-14,17,19-20,25,27-29H,15-16,18H2,1-7H3/t25-,27+,28?,29-/m0/s1. The first-order valence-electron chi connectivity index (χ1n) is 13.2. The fourth-order valence-corrected chi connectivity index (χ4v) is 4.83. The molecule has 0 N–H and O–H groups in total. The lowest BCUT2D eigenvalue weighted by molar-refractivity contribution is -0.231. The molecular weight excluding hydrogens is 470 g/mol. The van der Waals surface area contributed by atoms with Gasteiger partial charge in [0.05, 0.1) is 18.9 Å². The van der Waals surface area contributed by atoms with Gasteiger partial charge < -0.3 is 28.4 Å². The summed E-state index contributed by atoms with van der Waals surface area (Å²) >= 11 is 0. The Labute approximate surface area is 221 Å². The molecule has 0 saturated carbocycles. The maximum absolute atomic E-state index is 5.99. The molecule has 2 saturated heterocycles. The fraction of sp³-hybridized carbons (Fsp3) is 0.567. The molecule has 37 heavy (non-hydrogen) atoms. The summed E-state index contributed by atoms with van der Waals surface area (Å²) in [5.41, 5.74) is 4.65. The van der Waals surface area contributed by atoms with Gasteiger partial charge in [-0.1, -0.05) is 45.9 Å². The van der Waals surface area contributed by atoms with Crippen molar-refractivity contribution in [3.8, 4) is 5.75 Å². The average molecular weight is 512 g/mol. The van der Waals surface area contributed by atoms with Crippen molar-refractivity contribution in [2.45, 2.75) is 83.8 Å². The minimum absolute atomic E-state index is 0.209. The van der Waals surface area contributed by atoms with Crippen LogP contribution in [-0.2, 0) is 23.7 Å². The molecule has 0 radical (unpaired) electrons. The van der Waals surface area contributed by atoms with Crippen LogP contribution in [0.2, 0.25) is 0 Å². The summed E-state index contributed by atoms with van der Waals surface area (Å²) in [7, 11) is 1.61. The first-order chi connectivity index (χ1) is 17.7. The topological polar surface area (TPSA) is 67.7 Å². The van der Waals surface area contributed by atoms with E-state index in [1.165, 1.54) is 11.1 Å². The van der Waals surface area contributed by atoms with Gasteiger partial charge >= 0.3 is 0 Å². The maximum atomic E-state index is 5.99. The van der Waals surface area contributed by atoms with E-state index >= 15 is 0 Å². The van der Waals surface area contributed by atoms with Gasteiger partial charge in [0.1, 0.15) is 30.7 Å². The van der Waals surface area contributed by atoms with Gasteiger partial charge in [0.2, 0.25) is 0 Å². The predicted molar refractivity (Wildman–Crippen MR) is 144 cm³/mol. The van der Waals surface area contributed by atoms with E-state index in [2.05, 4.69) is 45.9 Å². The molecular formula is C30H41NO6. The number of hydrogen-bond donors (Lipinski definition) is 0. The van der Waals surface area contributed by atoms with Crippen molar-refractivity contribution in [1.29, 1.82) is 0 Å². The second-order valence-electron chi connectivity index (χ2n) is 10.7. The summed E-state index contributed by atoms with van der Waals surface area (Å²) in [5, 5.41) is 0. The Kier molecular flexibility index (Phi) is 9.03. The van der Waals surface area contributed by atoms with Crippen LogP contribution < -0.4 is 4.74 Å². The number of para-hydroxylation sites is 1. The minimum atomic E-state index is -0.650. The Bertz CT molecular complexity index is 1020. The van der Waals surface area contributed by atoms with Crippen LogP contribution in [0.3, 0.4) is 0 Å². The number of methoxy groups -OCH3 is 1. The summed E-state index contributed by atoms with van der Waals surface area (Å²) in [6, 6.07) is 14.4. The SMILES string of the molecule is CO[C@H]1O[C@@H](COCCOc2ccc(C=Nc3c(C(C)C)cccc3C(C)C)cc2)[C@H]2OC(C)(C)OC12. The number of aliphatic imine (C=N–C) groups is 1. The van der Waals surface area contributed by atoms with Gasteiger partial charge in [0, 0.05) is 13.3 Å². The smallest absolute Gasteiger partial charge is 0.186 e. The highest BCUT2D eigenvalue weighted by molar-refractivity contribution is 5.83. The van der Waals surface area contributed by atoms with E-state index in [0.717, 1.165) is 17.0 Å². The quantitative estimate of drug-likeness (QED) is 0.273. The molecule has 7 heteroatoms. The molecule has 0 spiro atoms. The Morgan fingerprint density at radius 2 is 1.57 bits per heavy atom. The Morgan fingerprint density at radius 1 is 0.919 bits per heavy atom. The molecule has 7 nitrogen and oxygen atoms in total. The molecule has 4 atom stereocenters. The highest BCUT2D eigenvalue weighted by Crippen LogP contribution is 2.39. The van der Waals surface area contributed by atoms with Crippen LogP contribution in [0.5, 0.6) is 5.75 Å². The largest absolute Gasteiger partial charge is 0.491 e. The molecule has 2 aromatic carbocycles. The van der Waals surface area contributed by atoms with Crippen LogP contribution in [-0.4, -0.2) is 63.5 Å². The van der Waals surface area contributed by atoms with E-state index < -0.39 is 12.1 Å². The molecule has 4 rings (SSSR count). The van der Waals surface area contributed by atoms with Gasteiger partial charge in [-0.3, -0.25) is 4.99 Å². The van der Waals surface area contributed by atoms with Gasteiger partial charge in [-0.15, -0.1) is 0 Å². The zero-order valence-corrected chi connectivity index (χ0v) is 23.1. The summed E-state index contributed by atoms with van der Waals surface area (Å²) < 4.78 is 34.9. The van der Waals surface area contributed by atoms with Crippen molar-refractivity contribution in [3.63, 3.8) is 0 Å². The van der Waals surface area contributed by atoms with Crippen molar-refractivity contribution in [1.82, 2.24) is 0 Å². The molecule has 2 aliphatic rings. The highest BCUT2D eigenvalue weighted by Gasteiger charge is 2.55. The van der Waals surface area contributed by atoms with Crippen LogP contribution in [0, 0.1) is 0 Å². The second-order valence-corrected chi connectivity index (χ2v) is 10.7. The van der Waals surface area contributed by atoms with Crippen LogP contribution in [0.1, 0.15) is 70.1 Å². The van der Waals surface area contributed by atoms with E-state index in [0.29, 0.717) is 31.7 Å². The molecule has 0 aliphatic carbocycles. The number of rotatable bonds is 11. The van der Waals surface area contributed by atoms with Crippen molar-refractivity contribution in [3.05, 3.63) is 59.2 Å². The predicted octanol–water partition coefficient (Wildman–Crippen LogP) is 5.97. The zero-order chi connectivity index (χ0) is 26.6. The first kappa shape index (κ1) is 27.7. The summed E-state index contributed by atoms with van der Waals surface area (Å²) in [4.78, 5) is 4.89. The Hall–Kier alpha value is -2.29. The number of ether oxygens (including phenoxy) is 6. The minimum Gasteiger partial charge on any atom is -0.491 e. The molecule has 2 aliphatic heterocycles. The molecule has 0 aromatic heterocycles. The lowest BCUT2D eigenvalue weighted by atomic mass is 9.93. The van der Waals surface area contributed by atoms with E-state index in [4.69, 9.17) is 33.4 Å². The maximum Gasteiger partial charge on any atom is 0.186 e. The third kappa shape index (κ3) is 6.78. The summed E-state index contributed by atoms with van der Waals surface area (Å²) in [6.07, 6.45) is 0.779. The van der Waals surface area contributed by atoms with E-state index in [9.17, 15) is 0 Å². The molecule has 0 bridgehead atoms. The Morgan fingerprint density at radius 3 is 2.19 bits per heavy atom. The van der Waals surface area contributed by atoms with Crippen molar-refractivity contribution in [2.24, 2.45) is 4.99 Å². The van der Waals surface area contributed by atoms with Gasteiger partial charge in [-0.2, -0.15) is 0 Å². The van der Waals surface area contributed by atoms with Gasteiger partial charge in [-0.05, 0) is 66.6 Å². The van der Waals surface area contributed by atoms with Crippen molar-refractivity contribution >= 4 is 11.9 Å². The Balaban J connectivity index is 1.26. The van der Waals surface area contributed by atoms with Crippen LogP contribution >= 0.6 is 0 Å². The van der Waals surface area contributed by atoms with Crippen LogP contribution in [0.4, 0.5) is 5.69 Å². The monoisotopic (exact) mass is 511 g/mol. The van der Waals surface area contributed by atoms with E-state index in [1.807, 2.05) is 44.3 Å². The van der Waals surface area contributed by atoms with Crippen LogP contribution in [0.25, 0.3) is 0 Å². The van der Waals surface area contributed by atoms with Gasteiger partial charge in [0.25, 0.3) is 0 Å². The van der Waals surface area contributed by atoms with Crippen LogP contribution in [0.15, 0.2) is 47.5 Å². The lowest BCUT2D eigenvalue weighted by Gasteiger charge is -2.23. The zero-order valence-electron chi connectivity index (χ0n) is 23.1. The molecule has 1 unspecified atom stereocenters. The fourth-order valence-electron chi connectivity index (χ4n) is 4.83. The summed E-state index contributed by atoms with van der Waals surface area (Å²) in [5.74, 6) is 0.968. The molecule has 202 valence electrons. The third-order valence-electron chi connectivity index (χ3n) is 6.68. The van der Waals surface area contributed by atoms with Crippen molar-refractivity contribution < 1.29 is 28.4 Å². The van der Waals surface area contributed by atoms with E-state index in [1.54, 1.807) is 7.11 Å². The van der Waals surface area contributed by atoms with Gasteiger partial charge in [-0.25, -0.2) is 0 Å². The first-order valence-corrected chi connectivity index (χ1v) is 13.2. The number of nitrogens with zero attached hydrogens (tertiary/aromatic N) is 1. The summed E-state index contributed by atoms with van der Waals surface area (Å²) in [6.45, 7) is 13.9. The normalized spacial score (nSPS) is 24.9. The van der Waals surface area contributed by atoms with Crippen molar-refractivity contribution in [2.75, 3.05) is 26.9 Å². The third-order valence-corrected chi connectivity index (χ3v) is 6.68. The number of hydrogen-bond acceptors (Lipinski definition) is 7. The average Bonchev–Trinajstić information content (AvgIpc) is 3.35. The van der Waals surface area contributed by atoms with E-state index in [-0.39, 0.29) is 18.3 Å². The molecule has 0 amide bonds. The molecule has 2 fully saturated rings. The number of fused-ring (bicyclic) bond motifs is 1.